The van der Waals surface area contributed by atoms with E-state index in [1.165, 1.54) is 11.3 Å². The van der Waals surface area contributed by atoms with E-state index in [0.717, 1.165) is 5.56 Å². The summed E-state index contributed by atoms with van der Waals surface area (Å²) in [5, 5.41) is 5.26. The van der Waals surface area contributed by atoms with Gasteiger partial charge in [0, 0.05) is 5.02 Å². The second-order valence-electron chi connectivity index (χ2n) is 4.08. The number of hydrazone groups is 1. The number of benzene rings is 1. The van der Waals surface area contributed by atoms with Crippen LogP contribution in [0.4, 0.5) is 5.13 Å². The molecule has 21 heavy (non-hydrogen) atoms. The number of rotatable bonds is 5. The number of carbonyl (C=O) groups is 1. The van der Waals surface area contributed by atoms with Crippen molar-refractivity contribution >= 4 is 40.3 Å². The average molecular weight is 324 g/mol. The Balaban J connectivity index is 2.04. The van der Waals surface area contributed by atoms with Crippen LogP contribution in [0.3, 0.4) is 0 Å². The smallest absolute Gasteiger partial charge is 0.350 e. The van der Waals surface area contributed by atoms with Gasteiger partial charge in [-0.1, -0.05) is 35.1 Å². The van der Waals surface area contributed by atoms with Gasteiger partial charge in [-0.2, -0.15) is 5.10 Å². The Morgan fingerprint density at radius 3 is 3.10 bits per heavy atom. The van der Waals surface area contributed by atoms with Crippen molar-refractivity contribution in [3.8, 4) is 0 Å². The third kappa shape index (κ3) is 4.27. The molecule has 0 atom stereocenters. The Kier molecular flexibility index (Phi) is 5.30. The maximum Gasteiger partial charge on any atom is 0.350 e. The van der Waals surface area contributed by atoms with Gasteiger partial charge in [-0.3, -0.25) is 5.43 Å². The number of halogens is 1. The van der Waals surface area contributed by atoms with Crippen molar-refractivity contribution in [3.05, 3.63) is 45.4 Å². The first-order valence-corrected chi connectivity index (χ1v) is 7.48. The van der Waals surface area contributed by atoms with Crippen LogP contribution in [0.15, 0.2) is 29.4 Å². The maximum absolute atomic E-state index is 11.7. The first-order chi connectivity index (χ1) is 10.1. The Labute approximate surface area is 131 Å². The molecule has 0 unspecified atom stereocenters. The van der Waals surface area contributed by atoms with Crippen LogP contribution >= 0.6 is 22.9 Å². The van der Waals surface area contributed by atoms with E-state index in [9.17, 15) is 4.79 Å². The highest BCUT2D eigenvalue weighted by atomic mass is 35.5. The van der Waals surface area contributed by atoms with Crippen LogP contribution in [0.2, 0.25) is 5.02 Å². The summed E-state index contributed by atoms with van der Waals surface area (Å²) in [4.78, 5) is 16.4. The van der Waals surface area contributed by atoms with Gasteiger partial charge in [-0.05, 0) is 31.5 Å². The minimum Gasteiger partial charge on any atom is -0.462 e. The van der Waals surface area contributed by atoms with Gasteiger partial charge < -0.3 is 4.74 Å². The third-order valence-corrected chi connectivity index (χ3v) is 3.76. The number of nitrogens with zero attached hydrogens (tertiary/aromatic N) is 2. The summed E-state index contributed by atoms with van der Waals surface area (Å²) < 4.78 is 4.96. The Bertz CT molecular complexity index is 670. The van der Waals surface area contributed by atoms with Gasteiger partial charge in [0.1, 0.15) is 4.88 Å². The van der Waals surface area contributed by atoms with Gasteiger partial charge in [0.15, 0.2) is 0 Å². The Hall–Kier alpha value is -1.92. The molecule has 0 fully saturated rings. The number of hydrogen-bond donors (Lipinski definition) is 1. The van der Waals surface area contributed by atoms with Gasteiger partial charge in [-0.15, -0.1) is 0 Å². The van der Waals surface area contributed by atoms with Gasteiger partial charge in [0.05, 0.1) is 18.5 Å². The molecule has 0 aliphatic carbocycles. The fourth-order valence-electron chi connectivity index (χ4n) is 1.58. The summed E-state index contributed by atoms with van der Waals surface area (Å²) in [6, 6.07) is 7.32. The first kappa shape index (κ1) is 15.5. The number of nitrogens with one attached hydrogen (secondary N) is 1. The van der Waals surface area contributed by atoms with E-state index in [4.69, 9.17) is 16.3 Å². The topological polar surface area (TPSA) is 63.6 Å². The van der Waals surface area contributed by atoms with E-state index in [1.54, 1.807) is 32.2 Å². The minimum atomic E-state index is -0.362. The predicted molar refractivity (Wildman–Crippen MR) is 85.5 cm³/mol. The lowest BCUT2D eigenvalue weighted by Crippen LogP contribution is -2.03. The summed E-state index contributed by atoms with van der Waals surface area (Å²) in [5.74, 6) is -0.362. The molecule has 110 valence electrons. The van der Waals surface area contributed by atoms with Crippen molar-refractivity contribution < 1.29 is 9.53 Å². The number of carbonyl (C=O) groups excluding carboxylic acids is 1. The van der Waals surface area contributed by atoms with Crippen molar-refractivity contribution in [1.29, 1.82) is 0 Å². The monoisotopic (exact) mass is 323 g/mol. The molecule has 0 aliphatic rings. The largest absolute Gasteiger partial charge is 0.462 e. The number of anilines is 1. The molecular weight excluding hydrogens is 310 g/mol. The molecule has 0 bridgehead atoms. The highest BCUT2D eigenvalue weighted by Crippen LogP contribution is 2.23. The molecule has 0 saturated heterocycles. The Morgan fingerprint density at radius 1 is 1.57 bits per heavy atom. The number of esters is 1. The zero-order valence-electron chi connectivity index (χ0n) is 11.6. The lowest BCUT2D eigenvalue weighted by molar-refractivity contribution is 0.0531. The van der Waals surface area contributed by atoms with Gasteiger partial charge >= 0.3 is 5.97 Å². The van der Waals surface area contributed by atoms with Crippen molar-refractivity contribution in [2.75, 3.05) is 12.0 Å². The first-order valence-electron chi connectivity index (χ1n) is 6.29. The van der Waals surface area contributed by atoms with Crippen LogP contribution in [0.5, 0.6) is 0 Å². The molecule has 2 aromatic rings. The second kappa shape index (κ2) is 7.19. The maximum atomic E-state index is 11.7. The van der Waals surface area contributed by atoms with Gasteiger partial charge in [-0.25, -0.2) is 9.78 Å². The van der Waals surface area contributed by atoms with Crippen molar-refractivity contribution in [2.45, 2.75) is 13.8 Å². The summed E-state index contributed by atoms with van der Waals surface area (Å²) in [7, 11) is 0. The van der Waals surface area contributed by atoms with Crippen LogP contribution in [0.25, 0.3) is 0 Å². The zero-order valence-corrected chi connectivity index (χ0v) is 13.2. The molecule has 1 aromatic carbocycles. The number of aromatic nitrogens is 1. The van der Waals surface area contributed by atoms with Gasteiger partial charge in [0.2, 0.25) is 5.13 Å². The molecule has 1 aromatic heterocycles. The van der Waals surface area contributed by atoms with Crippen molar-refractivity contribution in [1.82, 2.24) is 4.98 Å². The standard InChI is InChI=1S/C14H14ClN3O2S/c1-3-20-13(19)12-9(2)17-14(21-12)18-16-8-10-5-4-6-11(15)7-10/h4-8H,3H2,1-2H3,(H,17,18). The van der Waals surface area contributed by atoms with E-state index >= 15 is 0 Å². The second-order valence-corrected chi connectivity index (χ2v) is 5.51. The molecule has 0 amide bonds. The quantitative estimate of drug-likeness (QED) is 0.517. The molecule has 1 N–H and O–H groups in total. The van der Waals surface area contributed by atoms with Crippen LogP contribution in [0, 0.1) is 6.92 Å². The van der Waals surface area contributed by atoms with Crippen molar-refractivity contribution in [2.24, 2.45) is 5.10 Å². The lowest BCUT2D eigenvalue weighted by Gasteiger charge is -1.97. The molecule has 0 spiro atoms. The lowest BCUT2D eigenvalue weighted by atomic mass is 10.2. The fraction of sp³-hybridized carbons (Fsp3) is 0.214. The number of ether oxygens (including phenoxy) is 1. The van der Waals surface area contributed by atoms with E-state index in [-0.39, 0.29) is 5.97 Å². The van der Waals surface area contributed by atoms with E-state index in [1.807, 2.05) is 12.1 Å². The van der Waals surface area contributed by atoms with Gasteiger partial charge in [0.25, 0.3) is 0 Å². The number of hydrogen-bond acceptors (Lipinski definition) is 6. The summed E-state index contributed by atoms with van der Waals surface area (Å²) in [6.07, 6.45) is 1.63. The van der Waals surface area contributed by atoms with Crippen LogP contribution in [0.1, 0.15) is 27.9 Å². The highest BCUT2D eigenvalue weighted by molar-refractivity contribution is 7.17. The SMILES string of the molecule is CCOC(=O)c1sc(NN=Cc2cccc(Cl)c2)nc1C. The van der Waals surface area contributed by atoms with E-state index in [0.29, 0.717) is 27.3 Å². The molecular formula is C14H14ClN3O2S. The molecule has 7 heteroatoms. The predicted octanol–water partition coefficient (Wildman–Crippen LogP) is 3.73. The van der Waals surface area contributed by atoms with Crippen LogP contribution in [-0.2, 0) is 4.74 Å². The molecule has 1 heterocycles. The normalized spacial score (nSPS) is 10.8. The van der Waals surface area contributed by atoms with E-state index < -0.39 is 0 Å². The summed E-state index contributed by atoms with van der Waals surface area (Å²) in [5.41, 5.74) is 4.29. The van der Waals surface area contributed by atoms with Crippen LogP contribution < -0.4 is 5.43 Å². The fourth-order valence-corrected chi connectivity index (χ4v) is 2.59. The minimum absolute atomic E-state index is 0.339. The zero-order chi connectivity index (χ0) is 15.2. The Morgan fingerprint density at radius 2 is 2.38 bits per heavy atom. The van der Waals surface area contributed by atoms with E-state index in [2.05, 4.69) is 15.5 Å². The molecule has 0 saturated carbocycles. The summed E-state index contributed by atoms with van der Waals surface area (Å²) in [6.45, 7) is 3.86. The number of thiazole rings is 1. The molecule has 0 radical (unpaired) electrons. The molecule has 5 nitrogen and oxygen atoms in total. The van der Waals surface area contributed by atoms with Crippen molar-refractivity contribution in [3.63, 3.8) is 0 Å². The molecule has 0 aliphatic heterocycles. The van der Waals surface area contributed by atoms with Crippen LogP contribution in [-0.4, -0.2) is 23.8 Å². The number of aryl methyl sites for hydroxylation is 1. The average Bonchev–Trinajstić information content (AvgIpc) is 2.80. The molecule has 2 rings (SSSR count). The summed E-state index contributed by atoms with van der Waals surface area (Å²) >= 11 is 7.09. The third-order valence-electron chi connectivity index (χ3n) is 2.48. The highest BCUT2D eigenvalue weighted by Gasteiger charge is 2.15.